The summed E-state index contributed by atoms with van der Waals surface area (Å²) in [5, 5.41) is 5.88. The molecule has 2 N–H and O–H groups in total. The van der Waals surface area contributed by atoms with Gasteiger partial charge in [-0.25, -0.2) is 0 Å². The number of methoxy groups -OCH3 is 2. The average molecular weight is 281 g/mol. The highest BCUT2D eigenvalue weighted by atomic mass is 16.5. The first kappa shape index (κ1) is 16.3. The van der Waals surface area contributed by atoms with Gasteiger partial charge < -0.3 is 25.0 Å². The number of anilines is 1. The van der Waals surface area contributed by atoms with E-state index in [4.69, 9.17) is 9.47 Å². The number of carbonyl (C=O) groups is 1. The Hall–Kier alpha value is -1.79. The minimum atomic E-state index is -0.104. The number of hydrogen-bond donors (Lipinski definition) is 2. The number of rotatable bonds is 8. The standard InChI is InChI=1S/C14H23N3O3/c1-17(2)8-7-15-10-14(18)16-12-6-5-11(19-3)9-13(12)20-4/h5-6,9,15H,7-8,10H2,1-4H3,(H,16,18). The zero-order valence-corrected chi connectivity index (χ0v) is 12.5. The molecule has 1 rings (SSSR count). The van der Waals surface area contributed by atoms with Gasteiger partial charge in [0.05, 0.1) is 26.5 Å². The zero-order valence-electron chi connectivity index (χ0n) is 12.5. The van der Waals surface area contributed by atoms with Crippen LogP contribution in [0.15, 0.2) is 18.2 Å². The minimum Gasteiger partial charge on any atom is -0.497 e. The molecule has 0 heterocycles. The fraction of sp³-hybridized carbons (Fsp3) is 0.500. The molecule has 0 unspecified atom stereocenters. The summed E-state index contributed by atoms with van der Waals surface area (Å²) < 4.78 is 10.3. The first-order valence-electron chi connectivity index (χ1n) is 6.44. The predicted molar refractivity (Wildman–Crippen MR) is 79.6 cm³/mol. The van der Waals surface area contributed by atoms with E-state index in [1.165, 1.54) is 0 Å². The van der Waals surface area contributed by atoms with E-state index >= 15 is 0 Å². The zero-order chi connectivity index (χ0) is 15.0. The molecule has 0 saturated carbocycles. The van der Waals surface area contributed by atoms with Crippen LogP contribution in [0.2, 0.25) is 0 Å². The average Bonchev–Trinajstić information content (AvgIpc) is 2.43. The van der Waals surface area contributed by atoms with Crippen molar-refractivity contribution >= 4 is 11.6 Å². The summed E-state index contributed by atoms with van der Waals surface area (Å²) in [4.78, 5) is 13.9. The van der Waals surface area contributed by atoms with Crippen LogP contribution in [0.1, 0.15) is 0 Å². The van der Waals surface area contributed by atoms with Gasteiger partial charge in [0.15, 0.2) is 0 Å². The lowest BCUT2D eigenvalue weighted by Crippen LogP contribution is -2.33. The van der Waals surface area contributed by atoms with Gasteiger partial charge in [-0.15, -0.1) is 0 Å². The molecule has 0 aliphatic carbocycles. The summed E-state index contributed by atoms with van der Waals surface area (Å²) in [6, 6.07) is 5.27. The third kappa shape index (κ3) is 5.46. The molecule has 112 valence electrons. The maximum absolute atomic E-state index is 11.8. The van der Waals surface area contributed by atoms with Crippen molar-refractivity contribution in [3.05, 3.63) is 18.2 Å². The fourth-order valence-electron chi connectivity index (χ4n) is 1.60. The fourth-order valence-corrected chi connectivity index (χ4v) is 1.60. The predicted octanol–water partition coefficient (Wildman–Crippen LogP) is 0.793. The molecule has 1 aromatic carbocycles. The summed E-state index contributed by atoms with van der Waals surface area (Å²) in [6.45, 7) is 1.92. The van der Waals surface area contributed by atoms with Gasteiger partial charge in [0, 0.05) is 19.2 Å². The van der Waals surface area contributed by atoms with Gasteiger partial charge in [-0.1, -0.05) is 0 Å². The van der Waals surface area contributed by atoms with Crippen molar-refractivity contribution in [2.24, 2.45) is 0 Å². The maximum atomic E-state index is 11.8. The molecule has 0 spiro atoms. The van der Waals surface area contributed by atoms with Gasteiger partial charge in [0.25, 0.3) is 0 Å². The monoisotopic (exact) mass is 281 g/mol. The molecule has 6 nitrogen and oxygen atoms in total. The van der Waals surface area contributed by atoms with Crippen LogP contribution >= 0.6 is 0 Å². The number of ether oxygens (including phenoxy) is 2. The van der Waals surface area contributed by atoms with Crippen LogP contribution in [-0.2, 0) is 4.79 Å². The van der Waals surface area contributed by atoms with Gasteiger partial charge in [0.2, 0.25) is 5.91 Å². The Labute approximate surface area is 120 Å². The first-order valence-corrected chi connectivity index (χ1v) is 6.44. The number of hydrogen-bond acceptors (Lipinski definition) is 5. The van der Waals surface area contributed by atoms with E-state index in [1.54, 1.807) is 32.4 Å². The normalized spacial score (nSPS) is 10.4. The number of amides is 1. The molecule has 0 aliphatic heterocycles. The molecule has 1 aromatic rings. The Morgan fingerprint density at radius 3 is 2.60 bits per heavy atom. The van der Waals surface area contributed by atoms with Crippen LogP contribution < -0.4 is 20.1 Å². The highest BCUT2D eigenvalue weighted by Crippen LogP contribution is 2.28. The van der Waals surface area contributed by atoms with Gasteiger partial charge in [-0.2, -0.15) is 0 Å². The van der Waals surface area contributed by atoms with E-state index in [9.17, 15) is 4.79 Å². The molecule has 6 heteroatoms. The second-order valence-corrected chi connectivity index (χ2v) is 4.59. The Morgan fingerprint density at radius 1 is 1.25 bits per heavy atom. The van der Waals surface area contributed by atoms with Crippen molar-refractivity contribution in [3.63, 3.8) is 0 Å². The number of carbonyl (C=O) groups excluding carboxylic acids is 1. The van der Waals surface area contributed by atoms with Crippen molar-refractivity contribution in [2.75, 3.05) is 53.3 Å². The molecule has 0 saturated heterocycles. The van der Waals surface area contributed by atoms with Crippen molar-refractivity contribution in [2.45, 2.75) is 0 Å². The van der Waals surface area contributed by atoms with E-state index in [1.807, 2.05) is 14.1 Å². The Kier molecular flexibility index (Phi) is 6.83. The lowest BCUT2D eigenvalue weighted by molar-refractivity contribution is -0.115. The quantitative estimate of drug-likeness (QED) is 0.690. The number of nitrogens with zero attached hydrogens (tertiary/aromatic N) is 1. The van der Waals surface area contributed by atoms with Crippen molar-refractivity contribution in [3.8, 4) is 11.5 Å². The molecule has 0 aliphatic rings. The van der Waals surface area contributed by atoms with Crippen LogP contribution in [-0.4, -0.2) is 58.8 Å². The number of likely N-dealkylation sites (N-methyl/N-ethyl adjacent to an activating group) is 1. The lowest BCUT2D eigenvalue weighted by atomic mass is 10.2. The Morgan fingerprint density at radius 2 is 2.00 bits per heavy atom. The van der Waals surface area contributed by atoms with Gasteiger partial charge >= 0.3 is 0 Å². The summed E-state index contributed by atoms with van der Waals surface area (Å²) in [5.41, 5.74) is 0.632. The summed E-state index contributed by atoms with van der Waals surface area (Å²) in [7, 11) is 7.12. The van der Waals surface area contributed by atoms with E-state index in [-0.39, 0.29) is 12.5 Å². The van der Waals surface area contributed by atoms with Crippen molar-refractivity contribution in [1.29, 1.82) is 0 Å². The third-order valence-electron chi connectivity index (χ3n) is 2.70. The van der Waals surface area contributed by atoms with Crippen LogP contribution in [0.3, 0.4) is 0 Å². The smallest absolute Gasteiger partial charge is 0.238 e. The summed E-state index contributed by atoms with van der Waals surface area (Å²) >= 11 is 0. The second-order valence-electron chi connectivity index (χ2n) is 4.59. The van der Waals surface area contributed by atoms with Crippen molar-refractivity contribution in [1.82, 2.24) is 10.2 Å². The van der Waals surface area contributed by atoms with Crippen LogP contribution in [0.25, 0.3) is 0 Å². The molecule has 0 fully saturated rings. The molecule has 1 amide bonds. The van der Waals surface area contributed by atoms with E-state index in [0.717, 1.165) is 13.1 Å². The minimum absolute atomic E-state index is 0.104. The topological polar surface area (TPSA) is 62.8 Å². The SMILES string of the molecule is COc1ccc(NC(=O)CNCCN(C)C)c(OC)c1. The van der Waals surface area contributed by atoms with Gasteiger partial charge in [-0.3, -0.25) is 4.79 Å². The van der Waals surface area contributed by atoms with E-state index in [0.29, 0.717) is 17.2 Å². The molecule has 20 heavy (non-hydrogen) atoms. The molecular weight excluding hydrogens is 258 g/mol. The summed E-state index contributed by atoms with van der Waals surface area (Å²) in [6.07, 6.45) is 0. The molecule has 0 aromatic heterocycles. The molecule has 0 atom stereocenters. The van der Waals surface area contributed by atoms with Gasteiger partial charge in [0.1, 0.15) is 11.5 Å². The van der Waals surface area contributed by atoms with Gasteiger partial charge in [-0.05, 0) is 26.2 Å². The Balaban J connectivity index is 2.49. The number of nitrogens with one attached hydrogen (secondary N) is 2. The van der Waals surface area contributed by atoms with Crippen LogP contribution in [0, 0.1) is 0 Å². The van der Waals surface area contributed by atoms with Crippen LogP contribution in [0.5, 0.6) is 11.5 Å². The Bertz CT molecular complexity index is 436. The second kappa shape index (κ2) is 8.39. The first-order chi connectivity index (χ1) is 9.56. The lowest BCUT2D eigenvalue weighted by Gasteiger charge is -2.13. The molecule has 0 radical (unpaired) electrons. The molecular formula is C14H23N3O3. The highest BCUT2D eigenvalue weighted by Gasteiger charge is 2.08. The van der Waals surface area contributed by atoms with E-state index < -0.39 is 0 Å². The maximum Gasteiger partial charge on any atom is 0.238 e. The number of benzene rings is 1. The third-order valence-corrected chi connectivity index (χ3v) is 2.70. The summed E-state index contributed by atoms with van der Waals surface area (Å²) in [5.74, 6) is 1.15. The van der Waals surface area contributed by atoms with Crippen LogP contribution in [0.4, 0.5) is 5.69 Å². The van der Waals surface area contributed by atoms with E-state index in [2.05, 4.69) is 15.5 Å². The largest absolute Gasteiger partial charge is 0.497 e. The van der Waals surface area contributed by atoms with Crippen molar-refractivity contribution < 1.29 is 14.3 Å². The molecule has 0 bridgehead atoms. The highest BCUT2D eigenvalue weighted by molar-refractivity contribution is 5.93.